The van der Waals surface area contributed by atoms with Crippen molar-refractivity contribution < 1.29 is 4.79 Å². The van der Waals surface area contributed by atoms with E-state index in [9.17, 15) is 4.79 Å². The van der Waals surface area contributed by atoms with Crippen LogP contribution in [0.4, 0.5) is 11.4 Å². The zero-order valence-corrected chi connectivity index (χ0v) is 26.2. The minimum absolute atomic E-state index is 0.135. The lowest BCUT2D eigenvalue weighted by Crippen LogP contribution is -2.27. The van der Waals surface area contributed by atoms with Crippen molar-refractivity contribution in [2.75, 3.05) is 11.4 Å². The Morgan fingerprint density at radius 1 is 0.744 bits per heavy atom. The van der Waals surface area contributed by atoms with Gasteiger partial charge in [0.15, 0.2) is 0 Å². The standard InChI is InChI=1S/C40H42N2O/c1-28(43)16-8-7-15-27-42-34-26-24-30-18-12-14-20-32(30)38(34)40(4,5)36(42)22-10-6-9-21-35-39(2,3)37-31-19-13-11-17-29(31)23-25-33(37)41-35/h6,9-14,17-26H,7-8,15-16,27H2,1-5H3/b10-6+,21-9+,36-22+. The molecule has 0 unspecified atom stereocenters. The highest BCUT2D eigenvalue weighted by atomic mass is 16.1. The van der Waals surface area contributed by atoms with Gasteiger partial charge in [0, 0.05) is 35.2 Å². The molecule has 3 heteroatoms. The molecule has 0 fully saturated rings. The van der Waals surface area contributed by atoms with Crippen molar-refractivity contribution in [1.82, 2.24) is 0 Å². The number of rotatable bonds is 9. The van der Waals surface area contributed by atoms with E-state index >= 15 is 0 Å². The molecule has 2 aliphatic heterocycles. The number of carbonyl (C=O) groups is 1. The van der Waals surface area contributed by atoms with E-state index < -0.39 is 0 Å². The van der Waals surface area contributed by atoms with E-state index in [0.717, 1.165) is 37.2 Å². The summed E-state index contributed by atoms with van der Waals surface area (Å²) >= 11 is 0. The fourth-order valence-electron chi connectivity index (χ4n) is 7.11. The summed E-state index contributed by atoms with van der Waals surface area (Å²) in [6.45, 7) is 11.9. The molecule has 4 aromatic rings. The normalized spacial score (nSPS) is 17.8. The molecule has 0 spiro atoms. The highest BCUT2D eigenvalue weighted by molar-refractivity contribution is 6.12. The molecule has 3 nitrogen and oxygen atoms in total. The van der Waals surface area contributed by atoms with Gasteiger partial charge in [-0.05, 0) is 76.7 Å². The summed E-state index contributed by atoms with van der Waals surface area (Å²) in [5, 5.41) is 5.16. The lowest BCUT2D eigenvalue weighted by molar-refractivity contribution is -0.117. The zero-order chi connectivity index (χ0) is 30.2. The van der Waals surface area contributed by atoms with Gasteiger partial charge < -0.3 is 9.69 Å². The Kier molecular flexibility index (Phi) is 7.68. The van der Waals surface area contributed by atoms with Crippen LogP contribution < -0.4 is 4.90 Å². The van der Waals surface area contributed by atoms with Crippen LogP contribution in [-0.4, -0.2) is 18.0 Å². The van der Waals surface area contributed by atoms with Crippen molar-refractivity contribution in [2.24, 2.45) is 4.99 Å². The van der Waals surface area contributed by atoms with Gasteiger partial charge in [-0.15, -0.1) is 0 Å². The molecule has 218 valence electrons. The Morgan fingerprint density at radius 3 is 2.14 bits per heavy atom. The van der Waals surface area contributed by atoms with Crippen LogP contribution in [0.5, 0.6) is 0 Å². The van der Waals surface area contributed by atoms with Gasteiger partial charge in [0.25, 0.3) is 0 Å². The zero-order valence-electron chi connectivity index (χ0n) is 26.2. The highest BCUT2D eigenvalue weighted by Crippen LogP contribution is 2.51. The van der Waals surface area contributed by atoms with E-state index in [1.54, 1.807) is 6.92 Å². The Labute approximate surface area is 256 Å². The fraction of sp³-hybridized carbons (Fsp3) is 0.300. The molecule has 4 aromatic carbocycles. The predicted octanol–water partition coefficient (Wildman–Crippen LogP) is 10.3. The van der Waals surface area contributed by atoms with Crippen molar-refractivity contribution in [3.05, 3.63) is 120 Å². The topological polar surface area (TPSA) is 32.7 Å². The molecule has 0 bridgehead atoms. The number of hydrogen-bond acceptors (Lipinski definition) is 3. The Hall–Kier alpha value is -4.24. The molecule has 0 radical (unpaired) electrons. The van der Waals surface area contributed by atoms with Crippen molar-refractivity contribution in [3.63, 3.8) is 0 Å². The molecule has 6 rings (SSSR count). The van der Waals surface area contributed by atoms with Gasteiger partial charge in [-0.25, -0.2) is 0 Å². The molecule has 0 N–H and O–H groups in total. The smallest absolute Gasteiger partial charge is 0.129 e. The lowest BCUT2D eigenvalue weighted by atomic mass is 9.79. The second-order valence-corrected chi connectivity index (χ2v) is 13.1. The maximum Gasteiger partial charge on any atom is 0.129 e. The van der Waals surface area contributed by atoms with Crippen LogP contribution in [0.2, 0.25) is 0 Å². The van der Waals surface area contributed by atoms with E-state index in [4.69, 9.17) is 4.99 Å². The Morgan fingerprint density at radius 2 is 1.42 bits per heavy atom. The number of ketones is 1. The molecular formula is C40H42N2O. The number of nitrogens with zero attached hydrogens (tertiary/aromatic N) is 2. The van der Waals surface area contributed by atoms with Crippen LogP contribution >= 0.6 is 0 Å². The summed E-state index contributed by atoms with van der Waals surface area (Å²) in [5.74, 6) is 0.280. The first-order valence-electron chi connectivity index (χ1n) is 15.7. The van der Waals surface area contributed by atoms with E-state index in [0.29, 0.717) is 6.42 Å². The molecule has 0 atom stereocenters. The molecule has 2 heterocycles. The minimum Gasteiger partial charge on any atom is -0.344 e. The summed E-state index contributed by atoms with van der Waals surface area (Å²) in [4.78, 5) is 19.0. The summed E-state index contributed by atoms with van der Waals surface area (Å²) in [6, 6.07) is 26.2. The third kappa shape index (κ3) is 5.27. The van der Waals surface area contributed by atoms with Crippen LogP contribution in [0, 0.1) is 0 Å². The highest BCUT2D eigenvalue weighted by Gasteiger charge is 2.41. The first kappa shape index (κ1) is 28.9. The molecule has 0 amide bonds. The summed E-state index contributed by atoms with van der Waals surface area (Å²) < 4.78 is 0. The number of fused-ring (bicyclic) bond motifs is 6. The number of carbonyl (C=O) groups excluding carboxylic acids is 1. The van der Waals surface area contributed by atoms with E-state index in [2.05, 4.69) is 136 Å². The quantitative estimate of drug-likeness (QED) is 0.149. The maximum atomic E-state index is 11.4. The van der Waals surface area contributed by atoms with Crippen LogP contribution in [0.15, 0.2) is 114 Å². The van der Waals surface area contributed by atoms with Gasteiger partial charge in [-0.3, -0.25) is 4.99 Å². The van der Waals surface area contributed by atoms with Crippen molar-refractivity contribution >= 4 is 44.4 Å². The first-order valence-corrected chi connectivity index (χ1v) is 15.7. The number of hydrogen-bond donors (Lipinski definition) is 0. The third-order valence-corrected chi connectivity index (χ3v) is 9.31. The third-order valence-electron chi connectivity index (χ3n) is 9.31. The van der Waals surface area contributed by atoms with Gasteiger partial charge in [0.1, 0.15) is 5.78 Å². The molecular weight excluding hydrogens is 524 g/mol. The second kappa shape index (κ2) is 11.4. The summed E-state index contributed by atoms with van der Waals surface area (Å²) in [6.07, 6.45) is 14.6. The molecule has 43 heavy (non-hydrogen) atoms. The molecule has 0 saturated carbocycles. The summed E-state index contributed by atoms with van der Waals surface area (Å²) in [5.41, 5.74) is 7.20. The molecule has 2 aliphatic rings. The largest absolute Gasteiger partial charge is 0.344 e. The van der Waals surface area contributed by atoms with Crippen molar-refractivity contribution in [1.29, 1.82) is 0 Å². The van der Waals surface area contributed by atoms with E-state index in [1.165, 1.54) is 44.1 Å². The lowest BCUT2D eigenvalue weighted by Gasteiger charge is -2.27. The van der Waals surface area contributed by atoms with Crippen LogP contribution in [-0.2, 0) is 15.6 Å². The van der Waals surface area contributed by atoms with Gasteiger partial charge in [-0.2, -0.15) is 0 Å². The first-order chi connectivity index (χ1) is 20.7. The van der Waals surface area contributed by atoms with Crippen molar-refractivity contribution in [2.45, 2.75) is 71.1 Å². The number of unbranched alkanes of at least 4 members (excludes halogenated alkanes) is 2. The van der Waals surface area contributed by atoms with Gasteiger partial charge in [0.2, 0.25) is 0 Å². The fourth-order valence-corrected chi connectivity index (χ4v) is 7.11. The molecule has 0 aromatic heterocycles. The Bertz CT molecular complexity index is 1830. The van der Waals surface area contributed by atoms with E-state index in [-0.39, 0.29) is 16.6 Å². The van der Waals surface area contributed by atoms with Gasteiger partial charge in [0.05, 0.1) is 11.4 Å². The minimum atomic E-state index is -0.158. The van der Waals surface area contributed by atoms with Crippen LogP contribution in [0.1, 0.15) is 71.4 Å². The molecule has 0 aliphatic carbocycles. The van der Waals surface area contributed by atoms with Gasteiger partial charge in [-0.1, -0.05) is 113 Å². The monoisotopic (exact) mass is 566 g/mol. The predicted molar refractivity (Wildman–Crippen MR) is 184 cm³/mol. The van der Waals surface area contributed by atoms with Crippen molar-refractivity contribution in [3.8, 4) is 0 Å². The van der Waals surface area contributed by atoms with Gasteiger partial charge >= 0.3 is 0 Å². The van der Waals surface area contributed by atoms with E-state index in [1.807, 2.05) is 0 Å². The number of anilines is 1. The SMILES string of the molecule is CC(=O)CCCCCN1/C(=C/C=C/C=C/C2=Nc3ccc4ccccc4c3C2(C)C)C(C)(C)c2c1ccc1ccccc21. The van der Waals surface area contributed by atoms with Crippen LogP contribution in [0.3, 0.4) is 0 Å². The number of Topliss-reactive ketones (excluding diaryl/α,β-unsaturated/α-hetero) is 1. The number of aliphatic imine (C=N–C) groups is 1. The average molecular weight is 567 g/mol. The number of allylic oxidation sites excluding steroid dienone is 6. The Balaban J connectivity index is 1.26. The number of benzene rings is 4. The second-order valence-electron chi connectivity index (χ2n) is 13.1. The average Bonchev–Trinajstić information content (AvgIpc) is 3.38. The maximum absolute atomic E-state index is 11.4. The molecule has 0 saturated heterocycles. The van der Waals surface area contributed by atoms with Crippen LogP contribution in [0.25, 0.3) is 21.5 Å². The summed E-state index contributed by atoms with van der Waals surface area (Å²) in [7, 11) is 0.